The van der Waals surface area contributed by atoms with E-state index in [4.69, 9.17) is 9.84 Å². The molecular formula is C13H13BrO5. The molecule has 0 saturated carbocycles. The van der Waals surface area contributed by atoms with Gasteiger partial charge in [-0.05, 0) is 31.5 Å². The first-order valence-electron chi connectivity index (χ1n) is 5.57. The van der Waals surface area contributed by atoms with Gasteiger partial charge < -0.3 is 9.84 Å². The van der Waals surface area contributed by atoms with E-state index < -0.39 is 16.8 Å². The minimum Gasteiger partial charge on any atom is -0.478 e. The van der Waals surface area contributed by atoms with E-state index in [1.54, 1.807) is 6.92 Å². The fraction of sp³-hybridized carbons (Fsp3) is 0.308. The van der Waals surface area contributed by atoms with Crippen LogP contribution in [0.3, 0.4) is 0 Å². The minimum absolute atomic E-state index is 0.0578. The Labute approximate surface area is 118 Å². The van der Waals surface area contributed by atoms with Crippen LogP contribution in [-0.2, 0) is 9.53 Å². The maximum absolute atomic E-state index is 11.7. The van der Waals surface area contributed by atoms with E-state index in [2.05, 4.69) is 15.9 Å². The van der Waals surface area contributed by atoms with Gasteiger partial charge in [0.25, 0.3) is 0 Å². The number of aromatic carboxylic acids is 1. The molecule has 0 radical (unpaired) electrons. The molecular weight excluding hydrogens is 316 g/mol. The molecule has 0 spiro atoms. The molecule has 0 aliphatic carbocycles. The lowest BCUT2D eigenvalue weighted by atomic mass is 10.0. The smallest absolute Gasteiger partial charge is 0.339 e. The SMILES string of the molecule is CCOC(=O)c1cc(C(Br)C(C)=O)ccc1C(=O)O. The Morgan fingerprint density at radius 2 is 1.95 bits per heavy atom. The molecule has 0 bridgehead atoms. The van der Waals surface area contributed by atoms with E-state index >= 15 is 0 Å². The zero-order chi connectivity index (χ0) is 14.6. The molecule has 6 heteroatoms. The fourth-order valence-corrected chi connectivity index (χ4v) is 1.80. The van der Waals surface area contributed by atoms with Crippen LogP contribution in [0.15, 0.2) is 18.2 Å². The lowest BCUT2D eigenvalue weighted by Gasteiger charge is -2.11. The number of rotatable bonds is 5. The highest BCUT2D eigenvalue weighted by Crippen LogP contribution is 2.26. The Kier molecular flexibility index (Phi) is 5.23. The molecule has 0 amide bonds. The van der Waals surface area contributed by atoms with Gasteiger partial charge in [-0.2, -0.15) is 0 Å². The van der Waals surface area contributed by atoms with Gasteiger partial charge in [-0.3, -0.25) is 4.79 Å². The Balaban J connectivity index is 3.29. The number of carbonyl (C=O) groups is 3. The summed E-state index contributed by atoms with van der Waals surface area (Å²) in [5, 5.41) is 9.04. The topological polar surface area (TPSA) is 80.7 Å². The standard InChI is InChI=1S/C13H13BrO5/c1-3-19-13(18)10-6-8(11(14)7(2)15)4-5-9(10)12(16)17/h4-6,11H,3H2,1-2H3,(H,16,17). The first-order chi connectivity index (χ1) is 8.88. The molecule has 5 nitrogen and oxygen atoms in total. The lowest BCUT2D eigenvalue weighted by Crippen LogP contribution is -2.13. The number of esters is 1. The second-order valence-electron chi connectivity index (χ2n) is 3.80. The molecule has 1 rings (SSSR count). The molecule has 0 heterocycles. The molecule has 1 N–H and O–H groups in total. The van der Waals surface area contributed by atoms with Crippen molar-refractivity contribution in [3.8, 4) is 0 Å². The van der Waals surface area contributed by atoms with Gasteiger partial charge in [0.1, 0.15) is 5.78 Å². The summed E-state index contributed by atoms with van der Waals surface area (Å²) in [6.45, 7) is 3.17. The van der Waals surface area contributed by atoms with Crippen LogP contribution in [0, 0.1) is 0 Å². The van der Waals surface area contributed by atoms with Crippen molar-refractivity contribution < 1.29 is 24.2 Å². The van der Waals surface area contributed by atoms with Crippen molar-refractivity contribution >= 4 is 33.7 Å². The van der Waals surface area contributed by atoms with Gasteiger partial charge in [0, 0.05) is 0 Å². The summed E-state index contributed by atoms with van der Waals surface area (Å²) < 4.78 is 4.81. The van der Waals surface area contributed by atoms with Crippen LogP contribution in [-0.4, -0.2) is 29.4 Å². The molecule has 1 atom stereocenters. The first-order valence-corrected chi connectivity index (χ1v) is 6.49. The van der Waals surface area contributed by atoms with E-state index in [0.717, 1.165) is 0 Å². The third-order valence-electron chi connectivity index (χ3n) is 2.42. The van der Waals surface area contributed by atoms with E-state index in [1.165, 1.54) is 25.1 Å². The molecule has 102 valence electrons. The number of ether oxygens (including phenoxy) is 1. The van der Waals surface area contributed by atoms with Crippen molar-refractivity contribution in [3.63, 3.8) is 0 Å². The van der Waals surface area contributed by atoms with Gasteiger partial charge in [0.2, 0.25) is 0 Å². The average Bonchev–Trinajstić information content (AvgIpc) is 2.37. The molecule has 1 unspecified atom stereocenters. The number of hydrogen-bond acceptors (Lipinski definition) is 4. The van der Waals surface area contributed by atoms with Crippen LogP contribution in [0.4, 0.5) is 0 Å². The second-order valence-corrected chi connectivity index (χ2v) is 4.72. The zero-order valence-corrected chi connectivity index (χ0v) is 12.1. The summed E-state index contributed by atoms with van der Waals surface area (Å²) in [6, 6.07) is 4.15. The van der Waals surface area contributed by atoms with Gasteiger partial charge in [-0.25, -0.2) is 9.59 Å². The van der Waals surface area contributed by atoms with Crippen molar-refractivity contribution in [2.75, 3.05) is 6.61 Å². The van der Waals surface area contributed by atoms with E-state index in [-0.39, 0.29) is 23.5 Å². The normalized spacial score (nSPS) is 11.7. The summed E-state index contributed by atoms with van der Waals surface area (Å²) in [6.07, 6.45) is 0. The monoisotopic (exact) mass is 328 g/mol. The van der Waals surface area contributed by atoms with E-state index in [0.29, 0.717) is 5.56 Å². The van der Waals surface area contributed by atoms with Crippen molar-refractivity contribution in [1.82, 2.24) is 0 Å². The number of halogens is 1. The van der Waals surface area contributed by atoms with Gasteiger partial charge in [0.05, 0.1) is 22.6 Å². The van der Waals surface area contributed by atoms with E-state index in [1.807, 2.05) is 0 Å². The summed E-state index contributed by atoms with van der Waals surface area (Å²) in [5.41, 5.74) is 0.309. The molecule has 1 aromatic carbocycles. The zero-order valence-electron chi connectivity index (χ0n) is 10.5. The molecule has 0 aromatic heterocycles. The first kappa shape index (κ1) is 15.4. The Bertz CT molecular complexity index is 524. The van der Waals surface area contributed by atoms with Gasteiger partial charge in [-0.15, -0.1) is 0 Å². The number of ketones is 1. The molecule has 0 saturated heterocycles. The molecule has 0 fully saturated rings. The number of benzene rings is 1. The van der Waals surface area contributed by atoms with Crippen molar-refractivity contribution in [2.45, 2.75) is 18.7 Å². The number of carboxylic acid groups (broad SMARTS) is 1. The lowest BCUT2D eigenvalue weighted by molar-refractivity contribution is -0.116. The fourth-order valence-electron chi connectivity index (χ4n) is 1.52. The molecule has 19 heavy (non-hydrogen) atoms. The Morgan fingerprint density at radius 1 is 1.32 bits per heavy atom. The highest BCUT2D eigenvalue weighted by molar-refractivity contribution is 9.09. The largest absolute Gasteiger partial charge is 0.478 e. The van der Waals surface area contributed by atoms with Crippen LogP contribution in [0.5, 0.6) is 0 Å². The Morgan fingerprint density at radius 3 is 2.42 bits per heavy atom. The van der Waals surface area contributed by atoms with Gasteiger partial charge in [-0.1, -0.05) is 22.0 Å². The highest BCUT2D eigenvalue weighted by atomic mass is 79.9. The molecule has 0 aliphatic heterocycles. The Hall–Kier alpha value is -1.69. The maximum Gasteiger partial charge on any atom is 0.339 e. The highest BCUT2D eigenvalue weighted by Gasteiger charge is 2.21. The molecule has 1 aromatic rings. The predicted octanol–water partition coefficient (Wildman–Crippen LogP) is 2.59. The summed E-state index contributed by atoms with van der Waals surface area (Å²) in [7, 11) is 0. The molecule has 0 aliphatic rings. The predicted molar refractivity (Wildman–Crippen MR) is 71.7 cm³/mol. The minimum atomic E-state index is -1.22. The van der Waals surface area contributed by atoms with Crippen LogP contribution < -0.4 is 0 Å². The summed E-state index contributed by atoms with van der Waals surface area (Å²) in [4.78, 5) is 33.5. The van der Waals surface area contributed by atoms with Crippen LogP contribution in [0.2, 0.25) is 0 Å². The van der Waals surface area contributed by atoms with Crippen LogP contribution >= 0.6 is 15.9 Å². The number of carboxylic acids is 1. The number of alkyl halides is 1. The van der Waals surface area contributed by atoms with Gasteiger partial charge >= 0.3 is 11.9 Å². The number of hydrogen-bond donors (Lipinski definition) is 1. The number of carbonyl (C=O) groups excluding carboxylic acids is 2. The third-order valence-corrected chi connectivity index (χ3v) is 3.59. The quantitative estimate of drug-likeness (QED) is 0.663. The van der Waals surface area contributed by atoms with Crippen molar-refractivity contribution in [2.24, 2.45) is 0 Å². The van der Waals surface area contributed by atoms with E-state index in [9.17, 15) is 14.4 Å². The summed E-state index contributed by atoms with van der Waals surface area (Å²) in [5.74, 6) is -2.08. The second kappa shape index (κ2) is 6.47. The van der Waals surface area contributed by atoms with Crippen molar-refractivity contribution in [1.29, 1.82) is 0 Å². The van der Waals surface area contributed by atoms with Crippen molar-refractivity contribution in [3.05, 3.63) is 34.9 Å². The maximum atomic E-state index is 11.7. The van der Waals surface area contributed by atoms with Gasteiger partial charge in [0.15, 0.2) is 0 Å². The average molecular weight is 329 g/mol. The summed E-state index contributed by atoms with van der Waals surface area (Å²) >= 11 is 3.19. The number of Topliss-reactive ketones (excluding diaryl/α,β-unsaturated/α-hetero) is 1. The van der Waals surface area contributed by atoms with Crippen LogP contribution in [0.1, 0.15) is 45.0 Å². The third kappa shape index (κ3) is 3.64. The van der Waals surface area contributed by atoms with Crippen LogP contribution in [0.25, 0.3) is 0 Å².